The predicted octanol–water partition coefficient (Wildman–Crippen LogP) is 1.69. The van der Waals surface area contributed by atoms with Crippen molar-refractivity contribution in [2.24, 2.45) is 0 Å². The predicted molar refractivity (Wildman–Crippen MR) is 102 cm³/mol. The van der Waals surface area contributed by atoms with Gasteiger partial charge in [0.25, 0.3) is 0 Å². The number of nitrogens with one attached hydrogen (secondary N) is 1. The van der Waals surface area contributed by atoms with Crippen LogP contribution < -0.4 is 19.5 Å². The number of benzene rings is 1. The number of carbonyl (C=O) groups is 2. The lowest BCUT2D eigenvalue weighted by atomic mass is 10.0. The highest BCUT2D eigenvalue weighted by Gasteiger charge is 2.29. The Morgan fingerprint density at radius 2 is 1.78 bits per heavy atom. The topological polar surface area (TPSA) is 97.3 Å². The summed E-state index contributed by atoms with van der Waals surface area (Å²) >= 11 is 0. The fourth-order valence-electron chi connectivity index (χ4n) is 3.14. The molecule has 1 aromatic rings. The molecular formula is C18H27ClN2O6. The molecule has 0 saturated carbocycles. The number of methoxy groups -OCH3 is 3. The summed E-state index contributed by atoms with van der Waals surface area (Å²) in [7, 11) is 4.59. The minimum absolute atomic E-state index is 0. The smallest absolute Gasteiger partial charge is 0.320 e. The third kappa shape index (κ3) is 5.90. The molecule has 1 atom stereocenters. The summed E-state index contributed by atoms with van der Waals surface area (Å²) in [6.45, 7) is 0.969. The third-order valence-electron chi connectivity index (χ3n) is 4.46. The van der Waals surface area contributed by atoms with Gasteiger partial charge < -0.3 is 24.6 Å². The second kappa shape index (κ2) is 10.8. The quantitative estimate of drug-likeness (QED) is 0.682. The lowest BCUT2D eigenvalue weighted by Crippen LogP contribution is -2.48. The zero-order valence-corrected chi connectivity index (χ0v) is 16.6. The summed E-state index contributed by atoms with van der Waals surface area (Å²) in [5.74, 6) is 0.424. The number of carboxylic acids is 1. The summed E-state index contributed by atoms with van der Waals surface area (Å²) in [5.41, 5.74) is 0.793. The van der Waals surface area contributed by atoms with Crippen LogP contribution in [0, 0.1) is 0 Å². The molecule has 9 heteroatoms. The largest absolute Gasteiger partial charge is 0.493 e. The van der Waals surface area contributed by atoms with E-state index in [2.05, 4.69) is 5.32 Å². The van der Waals surface area contributed by atoms with Gasteiger partial charge in [0.15, 0.2) is 11.5 Å². The van der Waals surface area contributed by atoms with E-state index in [1.165, 1.54) is 21.3 Å². The van der Waals surface area contributed by atoms with Crippen LogP contribution in [0.25, 0.3) is 0 Å². The maximum atomic E-state index is 12.3. The van der Waals surface area contributed by atoms with Crippen molar-refractivity contribution in [3.63, 3.8) is 0 Å². The molecule has 0 bridgehead atoms. The average Bonchev–Trinajstić information content (AvgIpc) is 2.65. The molecular weight excluding hydrogens is 376 g/mol. The number of aliphatic carboxylic acids is 1. The molecule has 1 fully saturated rings. The number of piperidine rings is 1. The second-order valence-corrected chi connectivity index (χ2v) is 6.13. The fourth-order valence-corrected chi connectivity index (χ4v) is 3.14. The standard InChI is InChI=1S/C18H26N2O6.ClH/c1-24-14-8-12(9-15(25-2)17(14)26-3)10-19-16(21)11-20-7-5-4-6-13(20)18(22)23;/h8-9,13H,4-7,10-11H2,1-3H3,(H,19,21)(H,22,23);1H. The molecule has 0 aromatic heterocycles. The van der Waals surface area contributed by atoms with Crippen LogP contribution in [0.4, 0.5) is 0 Å². The van der Waals surface area contributed by atoms with Gasteiger partial charge in [0.1, 0.15) is 6.04 Å². The van der Waals surface area contributed by atoms with Gasteiger partial charge in [-0.25, -0.2) is 0 Å². The molecule has 1 saturated heterocycles. The van der Waals surface area contributed by atoms with Crippen LogP contribution in [0.1, 0.15) is 24.8 Å². The maximum Gasteiger partial charge on any atom is 0.320 e. The number of hydrogen-bond donors (Lipinski definition) is 2. The van der Waals surface area contributed by atoms with E-state index in [9.17, 15) is 14.7 Å². The number of ether oxygens (including phenoxy) is 3. The van der Waals surface area contributed by atoms with Crippen molar-refractivity contribution in [2.75, 3.05) is 34.4 Å². The monoisotopic (exact) mass is 402 g/mol. The van der Waals surface area contributed by atoms with Gasteiger partial charge in [-0.2, -0.15) is 0 Å². The van der Waals surface area contributed by atoms with E-state index in [4.69, 9.17) is 14.2 Å². The maximum absolute atomic E-state index is 12.3. The third-order valence-corrected chi connectivity index (χ3v) is 4.46. The van der Waals surface area contributed by atoms with Crippen molar-refractivity contribution in [3.8, 4) is 17.2 Å². The molecule has 2 rings (SSSR count). The first-order chi connectivity index (χ1) is 12.5. The van der Waals surface area contributed by atoms with Crippen molar-refractivity contribution in [1.82, 2.24) is 10.2 Å². The van der Waals surface area contributed by atoms with Gasteiger partial charge in [-0.15, -0.1) is 12.4 Å². The molecule has 152 valence electrons. The molecule has 1 amide bonds. The molecule has 1 aliphatic rings. The second-order valence-electron chi connectivity index (χ2n) is 6.13. The van der Waals surface area contributed by atoms with Crippen molar-refractivity contribution < 1.29 is 28.9 Å². The van der Waals surface area contributed by atoms with Crippen LogP contribution >= 0.6 is 12.4 Å². The van der Waals surface area contributed by atoms with Crippen molar-refractivity contribution in [1.29, 1.82) is 0 Å². The molecule has 8 nitrogen and oxygen atoms in total. The number of hydrogen-bond acceptors (Lipinski definition) is 6. The molecule has 1 heterocycles. The number of amides is 1. The van der Waals surface area contributed by atoms with Crippen LogP contribution in [0.2, 0.25) is 0 Å². The summed E-state index contributed by atoms with van der Waals surface area (Å²) in [6.07, 6.45) is 2.36. The zero-order valence-electron chi connectivity index (χ0n) is 15.8. The van der Waals surface area contributed by atoms with Crippen molar-refractivity contribution in [2.45, 2.75) is 31.8 Å². The van der Waals surface area contributed by atoms with Gasteiger partial charge >= 0.3 is 5.97 Å². The van der Waals surface area contributed by atoms with E-state index >= 15 is 0 Å². The van der Waals surface area contributed by atoms with E-state index < -0.39 is 12.0 Å². The van der Waals surface area contributed by atoms with E-state index in [1.54, 1.807) is 17.0 Å². The Morgan fingerprint density at radius 3 is 2.30 bits per heavy atom. The molecule has 0 aliphatic carbocycles. The Balaban J connectivity index is 0.00000364. The zero-order chi connectivity index (χ0) is 19.1. The van der Waals surface area contributed by atoms with Gasteiger partial charge in [0.05, 0.1) is 27.9 Å². The fraction of sp³-hybridized carbons (Fsp3) is 0.556. The highest BCUT2D eigenvalue weighted by molar-refractivity contribution is 5.85. The van der Waals surface area contributed by atoms with Gasteiger partial charge in [-0.05, 0) is 37.1 Å². The molecule has 1 aromatic carbocycles. The van der Waals surface area contributed by atoms with E-state index in [0.29, 0.717) is 30.2 Å². The molecule has 1 aliphatic heterocycles. The SMILES string of the molecule is COc1cc(CNC(=O)CN2CCCCC2C(=O)O)cc(OC)c1OC.Cl. The Bertz CT molecular complexity index is 630. The minimum atomic E-state index is -0.873. The highest BCUT2D eigenvalue weighted by atomic mass is 35.5. The van der Waals surface area contributed by atoms with Gasteiger partial charge in [0, 0.05) is 6.54 Å². The Labute approximate surface area is 165 Å². The number of likely N-dealkylation sites (tertiary alicyclic amines) is 1. The van der Waals surface area contributed by atoms with E-state index in [0.717, 1.165) is 18.4 Å². The van der Waals surface area contributed by atoms with Crippen LogP contribution in [-0.4, -0.2) is 62.3 Å². The molecule has 0 radical (unpaired) electrons. The summed E-state index contributed by atoms with van der Waals surface area (Å²) in [5, 5.41) is 12.1. The van der Waals surface area contributed by atoms with Crippen molar-refractivity contribution >= 4 is 24.3 Å². The number of rotatable bonds is 8. The van der Waals surface area contributed by atoms with Gasteiger partial charge in [0.2, 0.25) is 11.7 Å². The Morgan fingerprint density at radius 1 is 1.15 bits per heavy atom. The van der Waals surface area contributed by atoms with Crippen molar-refractivity contribution in [3.05, 3.63) is 17.7 Å². The Hall–Kier alpha value is -2.19. The molecule has 2 N–H and O–H groups in total. The normalized spacial score (nSPS) is 16.8. The lowest BCUT2D eigenvalue weighted by molar-refractivity contribution is -0.145. The number of carboxylic acid groups (broad SMARTS) is 1. The van der Waals surface area contributed by atoms with E-state index in [1.807, 2.05) is 0 Å². The van der Waals surface area contributed by atoms with Crippen LogP contribution in [0.15, 0.2) is 12.1 Å². The van der Waals surface area contributed by atoms with E-state index in [-0.39, 0.29) is 31.4 Å². The van der Waals surface area contributed by atoms with Gasteiger partial charge in [-0.1, -0.05) is 6.42 Å². The van der Waals surface area contributed by atoms with Gasteiger partial charge in [-0.3, -0.25) is 14.5 Å². The summed E-state index contributed by atoms with van der Waals surface area (Å²) in [4.78, 5) is 25.3. The lowest BCUT2D eigenvalue weighted by Gasteiger charge is -2.32. The average molecular weight is 403 g/mol. The molecule has 1 unspecified atom stereocenters. The van der Waals surface area contributed by atoms with Crippen LogP contribution in [0.5, 0.6) is 17.2 Å². The summed E-state index contributed by atoms with van der Waals surface area (Å²) in [6, 6.07) is 2.95. The first-order valence-corrected chi connectivity index (χ1v) is 8.52. The van der Waals surface area contributed by atoms with Crippen LogP contribution in [-0.2, 0) is 16.1 Å². The number of nitrogens with zero attached hydrogens (tertiary/aromatic N) is 1. The molecule has 27 heavy (non-hydrogen) atoms. The number of carbonyl (C=O) groups excluding carboxylic acids is 1. The summed E-state index contributed by atoms with van der Waals surface area (Å²) < 4.78 is 15.9. The first-order valence-electron chi connectivity index (χ1n) is 8.52. The minimum Gasteiger partial charge on any atom is -0.493 e. The highest BCUT2D eigenvalue weighted by Crippen LogP contribution is 2.38. The Kier molecular flexibility index (Phi) is 9.17. The molecule has 0 spiro atoms. The first kappa shape index (κ1) is 22.9. The number of halogens is 1. The van der Waals surface area contributed by atoms with Crippen LogP contribution in [0.3, 0.4) is 0 Å².